The van der Waals surface area contributed by atoms with Crippen LogP contribution in [-0.4, -0.2) is 19.3 Å². The number of alkyl halides is 1. The second-order valence-electron chi connectivity index (χ2n) is 3.57. The second kappa shape index (κ2) is 3.81. The number of hydrogen-bond acceptors (Lipinski definition) is 2. The van der Waals surface area contributed by atoms with Crippen molar-refractivity contribution in [3.05, 3.63) is 34.9 Å². The van der Waals surface area contributed by atoms with Crippen LogP contribution in [0.2, 0.25) is 5.02 Å². The van der Waals surface area contributed by atoms with Gasteiger partial charge in [0.05, 0.1) is 13.0 Å². The zero-order valence-electron chi connectivity index (χ0n) is 8.11. The highest BCUT2D eigenvalue weighted by molar-refractivity contribution is 6.30. The normalized spacial score (nSPS) is 28.6. The Morgan fingerprint density at radius 1 is 1.53 bits per heavy atom. The van der Waals surface area contributed by atoms with Crippen molar-refractivity contribution < 1.29 is 13.9 Å². The van der Waals surface area contributed by atoms with E-state index in [1.54, 1.807) is 24.3 Å². The zero-order chi connectivity index (χ0) is 11.0. The quantitative estimate of drug-likeness (QED) is 0.728. The number of methoxy groups -OCH3 is 1. The summed E-state index contributed by atoms with van der Waals surface area (Å²) in [5.41, 5.74) is 0.755. The minimum Gasteiger partial charge on any atom is -0.469 e. The topological polar surface area (TPSA) is 26.3 Å². The van der Waals surface area contributed by atoms with Crippen LogP contribution in [0.3, 0.4) is 0 Å². The fraction of sp³-hybridized carbons (Fsp3) is 0.364. The molecule has 2 nitrogen and oxygen atoms in total. The molecular formula is C11H10ClFO2. The molecule has 0 saturated heterocycles. The van der Waals surface area contributed by atoms with Crippen LogP contribution in [0.5, 0.6) is 0 Å². The minimum atomic E-state index is -1.14. The van der Waals surface area contributed by atoms with Crippen LogP contribution in [-0.2, 0) is 9.53 Å². The summed E-state index contributed by atoms with van der Waals surface area (Å²) in [7, 11) is 1.27. The number of benzene rings is 1. The first-order valence-corrected chi connectivity index (χ1v) is 5.00. The minimum absolute atomic E-state index is 0.392. The molecule has 1 aliphatic carbocycles. The number of hydrogen-bond donors (Lipinski definition) is 0. The first-order chi connectivity index (χ1) is 7.15. The number of rotatable bonds is 2. The standard InChI is InChI=1S/C11H10ClFO2/c1-15-11(14)9-8(10(9)13)6-3-2-4-7(12)5-6/h2-5,8-10H,1H3/t8-,9-,10-/m1/s1. The summed E-state index contributed by atoms with van der Waals surface area (Å²) in [5, 5.41) is 0.551. The Balaban J connectivity index is 2.18. The van der Waals surface area contributed by atoms with Crippen LogP contribution in [0.25, 0.3) is 0 Å². The average Bonchev–Trinajstić information content (AvgIpc) is 2.89. The van der Waals surface area contributed by atoms with Gasteiger partial charge in [-0.3, -0.25) is 4.79 Å². The fourth-order valence-corrected chi connectivity index (χ4v) is 1.99. The Kier molecular flexibility index (Phi) is 2.65. The van der Waals surface area contributed by atoms with Gasteiger partial charge in [-0.1, -0.05) is 23.7 Å². The molecule has 0 N–H and O–H groups in total. The molecule has 0 aliphatic heterocycles. The summed E-state index contributed by atoms with van der Waals surface area (Å²) in [6, 6.07) is 6.92. The molecule has 0 heterocycles. The summed E-state index contributed by atoms with van der Waals surface area (Å²) in [4.78, 5) is 11.2. The van der Waals surface area contributed by atoms with Crippen LogP contribution in [0, 0.1) is 5.92 Å². The molecule has 3 atom stereocenters. The number of carbonyl (C=O) groups is 1. The smallest absolute Gasteiger partial charge is 0.312 e. The van der Waals surface area contributed by atoms with E-state index in [-0.39, 0.29) is 0 Å². The number of carbonyl (C=O) groups excluding carboxylic acids is 1. The Bertz CT molecular complexity index is 394. The number of ether oxygens (including phenoxy) is 1. The van der Waals surface area contributed by atoms with Crippen LogP contribution in [0.1, 0.15) is 11.5 Å². The highest BCUT2D eigenvalue weighted by Gasteiger charge is 2.57. The lowest BCUT2D eigenvalue weighted by Gasteiger charge is -1.99. The van der Waals surface area contributed by atoms with Gasteiger partial charge in [0.1, 0.15) is 6.17 Å². The van der Waals surface area contributed by atoms with Gasteiger partial charge in [0.25, 0.3) is 0 Å². The van der Waals surface area contributed by atoms with E-state index in [9.17, 15) is 9.18 Å². The molecule has 80 valence electrons. The van der Waals surface area contributed by atoms with Crippen molar-refractivity contribution in [2.45, 2.75) is 12.1 Å². The molecule has 4 heteroatoms. The molecule has 2 rings (SSSR count). The second-order valence-corrected chi connectivity index (χ2v) is 4.01. The van der Waals surface area contributed by atoms with Gasteiger partial charge in [-0.2, -0.15) is 0 Å². The maximum atomic E-state index is 13.4. The third-order valence-electron chi connectivity index (χ3n) is 2.64. The van der Waals surface area contributed by atoms with Gasteiger partial charge in [0.15, 0.2) is 0 Å². The van der Waals surface area contributed by atoms with Gasteiger partial charge in [-0.15, -0.1) is 0 Å². The lowest BCUT2D eigenvalue weighted by molar-refractivity contribution is -0.142. The number of esters is 1. The Morgan fingerprint density at radius 3 is 2.87 bits per heavy atom. The van der Waals surface area contributed by atoms with Gasteiger partial charge in [-0.25, -0.2) is 4.39 Å². The lowest BCUT2D eigenvalue weighted by atomic mass is 10.1. The molecule has 0 bridgehead atoms. The van der Waals surface area contributed by atoms with Gasteiger partial charge in [0, 0.05) is 10.9 Å². The Hall–Kier alpha value is -1.09. The predicted molar refractivity (Wildman–Crippen MR) is 54.6 cm³/mol. The molecule has 0 spiro atoms. The highest BCUT2D eigenvalue weighted by atomic mass is 35.5. The van der Waals surface area contributed by atoms with Crippen molar-refractivity contribution in [3.8, 4) is 0 Å². The predicted octanol–water partition coefficient (Wildman–Crippen LogP) is 2.56. The molecule has 15 heavy (non-hydrogen) atoms. The maximum absolute atomic E-state index is 13.4. The zero-order valence-corrected chi connectivity index (χ0v) is 8.87. The molecular weight excluding hydrogens is 219 g/mol. The monoisotopic (exact) mass is 228 g/mol. The van der Waals surface area contributed by atoms with E-state index in [0.717, 1.165) is 5.56 Å². The van der Waals surface area contributed by atoms with Crippen LogP contribution >= 0.6 is 11.6 Å². The molecule has 1 aromatic carbocycles. The summed E-state index contributed by atoms with van der Waals surface area (Å²) in [6.07, 6.45) is -1.14. The van der Waals surface area contributed by atoms with Crippen LogP contribution in [0.15, 0.2) is 24.3 Å². The van der Waals surface area contributed by atoms with E-state index < -0.39 is 24.0 Å². The number of halogens is 2. The third-order valence-corrected chi connectivity index (χ3v) is 2.87. The molecule has 1 saturated carbocycles. The van der Waals surface area contributed by atoms with E-state index in [2.05, 4.69) is 4.74 Å². The highest BCUT2D eigenvalue weighted by Crippen LogP contribution is 2.51. The first kappa shape index (κ1) is 10.4. The van der Waals surface area contributed by atoms with Crippen molar-refractivity contribution in [1.29, 1.82) is 0 Å². The molecule has 0 aromatic heterocycles. The van der Waals surface area contributed by atoms with Gasteiger partial charge >= 0.3 is 5.97 Å². The van der Waals surface area contributed by atoms with Crippen molar-refractivity contribution >= 4 is 17.6 Å². The molecule has 1 aliphatic rings. The van der Waals surface area contributed by atoms with E-state index in [1.807, 2.05) is 0 Å². The van der Waals surface area contributed by atoms with E-state index >= 15 is 0 Å². The lowest BCUT2D eigenvalue weighted by Crippen LogP contribution is -2.05. The van der Waals surface area contributed by atoms with Gasteiger partial charge in [0.2, 0.25) is 0 Å². The van der Waals surface area contributed by atoms with E-state index in [1.165, 1.54) is 7.11 Å². The van der Waals surface area contributed by atoms with E-state index in [4.69, 9.17) is 11.6 Å². The first-order valence-electron chi connectivity index (χ1n) is 4.62. The fourth-order valence-electron chi connectivity index (χ4n) is 1.79. The van der Waals surface area contributed by atoms with Crippen molar-refractivity contribution in [2.75, 3.05) is 7.11 Å². The van der Waals surface area contributed by atoms with E-state index in [0.29, 0.717) is 5.02 Å². The largest absolute Gasteiger partial charge is 0.469 e. The molecule has 1 aromatic rings. The van der Waals surface area contributed by atoms with Crippen molar-refractivity contribution in [3.63, 3.8) is 0 Å². The molecule has 0 radical (unpaired) electrons. The van der Waals surface area contributed by atoms with Crippen LogP contribution < -0.4 is 0 Å². The van der Waals surface area contributed by atoms with Gasteiger partial charge < -0.3 is 4.74 Å². The molecule has 0 unspecified atom stereocenters. The third kappa shape index (κ3) is 1.84. The van der Waals surface area contributed by atoms with Crippen molar-refractivity contribution in [2.24, 2.45) is 5.92 Å². The SMILES string of the molecule is COC(=O)[C@H]1[C@H](F)[C@@H]1c1cccc(Cl)c1. The summed E-state index contributed by atoms with van der Waals surface area (Å²) in [6.45, 7) is 0. The average molecular weight is 229 g/mol. The molecule has 0 amide bonds. The van der Waals surface area contributed by atoms with Gasteiger partial charge in [-0.05, 0) is 17.7 Å². The Morgan fingerprint density at radius 2 is 2.27 bits per heavy atom. The summed E-state index contributed by atoms with van der Waals surface area (Å²) in [5.74, 6) is -1.54. The van der Waals surface area contributed by atoms with Crippen LogP contribution in [0.4, 0.5) is 4.39 Å². The summed E-state index contributed by atoms with van der Waals surface area (Å²) >= 11 is 5.79. The summed E-state index contributed by atoms with van der Waals surface area (Å²) < 4.78 is 17.9. The maximum Gasteiger partial charge on any atom is 0.312 e. The molecule has 1 fully saturated rings. The Labute approximate surface area is 92.0 Å². The van der Waals surface area contributed by atoms with Crippen molar-refractivity contribution in [1.82, 2.24) is 0 Å².